The first-order valence-corrected chi connectivity index (χ1v) is 8.94. The van der Waals surface area contributed by atoms with E-state index in [0.717, 1.165) is 27.5 Å². The Morgan fingerprint density at radius 1 is 0.793 bits per heavy atom. The summed E-state index contributed by atoms with van der Waals surface area (Å²) in [5.74, 6) is -1.24. The molecule has 6 heteroatoms. The molecule has 6 nitrogen and oxygen atoms in total. The Morgan fingerprint density at radius 3 is 1.76 bits per heavy atom. The Balaban J connectivity index is 0.000000166. The number of aromatic nitrogens is 2. The van der Waals surface area contributed by atoms with E-state index in [0.29, 0.717) is 16.5 Å². The molecule has 0 saturated carbocycles. The molecular formula is C23H20N2O4. The summed E-state index contributed by atoms with van der Waals surface area (Å²) >= 11 is 0. The number of ether oxygens (including phenoxy) is 1. The van der Waals surface area contributed by atoms with Crippen LogP contribution in [0.15, 0.2) is 60.9 Å². The third kappa shape index (κ3) is 4.06. The van der Waals surface area contributed by atoms with Crippen molar-refractivity contribution in [2.45, 2.75) is 13.8 Å². The van der Waals surface area contributed by atoms with Crippen LogP contribution < -0.4 is 0 Å². The van der Waals surface area contributed by atoms with Crippen molar-refractivity contribution in [3.63, 3.8) is 0 Å². The monoisotopic (exact) mass is 388 g/mol. The van der Waals surface area contributed by atoms with Crippen LogP contribution in [0.5, 0.6) is 0 Å². The SMILES string of the molecule is COC(=O)c1ccnc2c(C)cccc12.Cc1cccc2c(C(=O)O)ccnc12. The molecule has 0 unspecified atom stereocenters. The Labute approximate surface area is 167 Å². The van der Waals surface area contributed by atoms with Crippen molar-refractivity contribution in [2.24, 2.45) is 0 Å². The van der Waals surface area contributed by atoms with Crippen molar-refractivity contribution < 1.29 is 19.4 Å². The number of benzene rings is 2. The van der Waals surface area contributed by atoms with Crippen LogP contribution >= 0.6 is 0 Å². The summed E-state index contributed by atoms with van der Waals surface area (Å²) in [5, 5.41) is 10.5. The second-order valence-corrected chi connectivity index (χ2v) is 6.46. The van der Waals surface area contributed by atoms with E-state index in [1.165, 1.54) is 19.4 Å². The zero-order valence-corrected chi connectivity index (χ0v) is 16.3. The number of nitrogens with zero attached hydrogens (tertiary/aromatic N) is 2. The molecule has 2 heterocycles. The average molecular weight is 388 g/mol. The van der Waals surface area contributed by atoms with Crippen LogP contribution in [0.2, 0.25) is 0 Å². The van der Waals surface area contributed by atoms with Gasteiger partial charge in [-0.15, -0.1) is 0 Å². The third-order valence-corrected chi connectivity index (χ3v) is 4.58. The Morgan fingerprint density at radius 2 is 1.28 bits per heavy atom. The van der Waals surface area contributed by atoms with E-state index in [-0.39, 0.29) is 5.97 Å². The minimum Gasteiger partial charge on any atom is -0.478 e. The number of carbonyl (C=O) groups excluding carboxylic acids is 1. The Bertz CT molecular complexity index is 1220. The Kier molecular flexibility index (Phi) is 5.83. The minimum atomic E-state index is -0.914. The molecule has 29 heavy (non-hydrogen) atoms. The number of carbonyl (C=O) groups is 2. The normalized spacial score (nSPS) is 10.3. The molecule has 146 valence electrons. The van der Waals surface area contributed by atoms with Crippen LogP contribution in [0.4, 0.5) is 0 Å². The lowest BCUT2D eigenvalue weighted by Gasteiger charge is -2.05. The molecule has 2 aromatic carbocycles. The van der Waals surface area contributed by atoms with Crippen molar-refractivity contribution in [1.29, 1.82) is 0 Å². The summed E-state index contributed by atoms with van der Waals surface area (Å²) in [6.45, 7) is 3.89. The van der Waals surface area contributed by atoms with Gasteiger partial charge in [-0.3, -0.25) is 9.97 Å². The molecule has 0 saturated heterocycles. The van der Waals surface area contributed by atoms with Gasteiger partial charge in [-0.1, -0.05) is 36.4 Å². The number of para-hydroxylation sites is 2. The van der Waals surface area contributed by atoms with Gasteiger partial charge in [0.1, 0.15) is 0 Å². The molecule has 0 fully saturated rings. The van der Waals surface area contributed by atoms with E-state index in [2.05, 4.69) is 9.97 Å². The molecular weight excluding hydrogens is 368 g/mol. The van der Waals surface area contributed by atoms with Gasteiger partial charge >= 0.3 is 11.9 Å². The van der Waals surface area contributed by atoms with Crippen molar-refractivity contribution in [3.8, 4) is 0 Å². The highest BCUT2D eigenvalue weighted by Crippen LogP contribution is 2.20. The van der Waals surface area contributed by atoms with E-state index in [9.17, 15) is 9.59 Å². The maximum atomic E-state index is 11.5. The molecule has 0 amide bonds. The van der Waals surface area contributed by atoms with Crippen molar-refractivity contribution in [2.75, 3.05) is 7.11 Å². The lowest BCUT2D eigenvalue weighted by molar-refractivity contribution is 0.0602. The topological polar surface area (TPSA) is 89.4 Å². The molecule has 0 aliphatic carbocycles. The Hall–Kier alpha value is -3.80. The predicted octanol–water partition coefficient (Wildman–Crippen LogP) is 4.57. The quantitative estimate of drug-likeness (QED) is 0.506. The van der Waals surface area contributed by atoms with Crippen LogP contribution in [-0.4, -0.2) is 34.1 Å². The van der Waals surface area contributed by atoms with Crippen molar-refractivity contribution in [3.05, 3.63) is 83.2 Å². The summed E-state index contributed by atoms with van der Waals surface area (Å²) in [6.07, 6.45) is 3.15. The fraction of sp³-hybridized carbons (Fsp3) is 0.130. The van der Waals surface area contributed by atoms with Gasteiger partial charge < -0.3 is 9.84 Å². The number of fused-ring (bicyclic) bond motifs is 2. The van der Waals surface area contributed by atoms with Gasteiger partial charge in [0.2, 0.25) is 0 Å². The van der Waals surface area contributed by atoms with Gasteiger partial charge in [-0.05, 0) is 37.1 Å². The summed E-state index contributed by atoms with van der Waals surface area (Å²) in [5.41, 5.74) is 4.52. The second-order valence-electron chi connectivity index (χ2n) is 6.46. The first-order valence-electron chi connectivity index (χ1n) is 8.94. The number of carboxylic acid groups (broad SMARTS) is 1. The van der Waals surface area contributed by atoms with Gasteiger partial charge in [-0.2, -0.15) is 0 Å². The van der Waals surface area contributed by atoms with Gasteiger partial charge in [-0.25, -0.2) is 9.59 Å². The first kappa shape index (κ1) is 19.9. The van der Waals surface area contributed by atoms with Gasteiger partial charge in [0, 0.05) is 23.2 Å². The fourth-order valence-electron chi connectivity index (χ4n) is 3.12. The lowest BCUT2D eigenvalue weighted by Crippen LogP contribution is -2.02. The smallest absolute Gasteiger partial charge is 0.338 e. The summed E-state index contributed by atoms with van der Waals surface area (Å²) in [4.78, 5) is 30.8. The van der Waals surface area contributed by atoms with Crippen LogP contribution in [-0.2, 0) is 4.74 Å². The number of hydrogen-bond acceptors (Lipinski definition) is 5. The number of aryl methyl sites for hydroxylation is 2. The molecule has 0 aliphatic heterocycles. The van der Waals surface area contributed by atoms with Crippen molar-refractivity contribution >= 4 is 33.7 Å². The number of rotatable bonds is 2. The van der Waals surface area contributed by atoms with E-state index >= 15 is 0 Å². The number of pyridine rings is 2. The van der Waals surface area contributed by atoms with Crippen molar-refractivity contribution in [1.82, 2.24) is 9.97 Å². The third-order valence-electron chi connectivity index (χ3n) is 4.58. The average Bonchev–Trinajstić information content (AvgIpc) is 2.73. The van der Waals surface area contributed by atoms with E-state index in [1.807, 2.05) is 44.2 Å². The molecule has 0 atom stereocenters. The number of esters is 1. The second kappa shape index (κ2) is 8.48. The number of carboxylic acids is 1. The van der Waals surface area contributed by atoms with Crippen LogP contribution in [0, 0.1) is 13.8 Å². The first-order chi connectivity index (χ1) is 13.9. The highest BCUT2D eigenvalue weighted by atomic mass is 16.5. The van der Waals surface area contributed by atoms with Gasteiger partial charge in [0.15, 0.2) is 0 Å². The fourth-order valence-corrected chi connectivity index (χ4v) is 3.12. The van der Waals surface area contributed by atoms with Gasteiger partial charge in [0.05, 0.1) is 29.3 Å². The molecule has 2 aromatic heterocycles. The zero-order valence-electron chi connectivity index (χ0n) is 16.3. The zero-order chi connectivity index (χ0) is 21.0. The molecule has 0 aliphatic rings. The molecule has 0 radical (unpaired) electrons. The maximum absolute atomic E-state index is 11.5. The summed E-state index contributed by atoms with van der Waals surface area (Å²) in [7, 11) is 1.38. The number of hydrogen-bond donors (Lipinski definition) is 1. The summed E-state index contributed by atoms with van der Waals surface area (Å²) < 4.78 is 4.72. The molecule has 1 N–H and O–H groups in total. The number of methoxy groups -OCH3 is 1. The van der Waals surface area contributed by atoms with E-state index < -0.39 is 5.97 Å². The van der Waals surface area contributed by atoms with E-state index in [1.54, 1.807) is 18.3 Å². The lowest BCUT2D eigenvalue weighted by atomic mass is 10.1. The molecule has 4 rings (SSSR count). The van der Waals surface area contributed by atoms with Crippen LogP contribution in [0.3, 0.4) is 0 Å². The predicted molar refractivity (Wildman–Crippen MR) is 111 cm³/mol. The highest BCUT2D eigenvalue weighted by Gasteiger charge is 2.11. The van der Waals surface area contributed by atoms with Gasteiger partial charge in [0.25, 0.3) is 0 Å². The maximum Gasteiger partial charge on any atom is 0.338 e. The number of aromatic carboxylic acids is 1. The molecule has 0 bridgehead atoms. The largest absolute Gasteiger partial charge is 0.478 e. The molecule has 0 spiro atoms. The standard InChI is InChI=1S/C12H11NO2.C11H9NO2/c1-8-4-3-5-9-10(12(14)15-2)6-7-13-11(8)9;1-7-3-2-4-8-9(11(13)14)5-6-12-10(7)8/h3-7H,1-2H3;2-6H,1H3,(H,13,14). The van der Waals surface area contributed by atoms with Crippen LogP contribution in [0.1, 0.15) is 31.8 Å². The summed E-state index contributed by atoms with van der Waals surface area (Å²) in [6, 6.07) is 14.5. The minimum absolute atomic E-state index is 0.304. The van der Waals surface area contributed by atoms with E-state index in [4.69, 9.17) is 9.84 Å². The van der Waals surface area contributed by atoms with Crippen LogP contribution in [0.25, 0.3) is 21.8 Å². The molecule has 4 aromatic rings. The highest BCUT2D eigenvalue weighted by molar-refractivity contribution is 6.04.